The van der Waals surface area contributed by atoms with Gasteiger partial charge >= 0.3 is 0 Å². The van der Waals surface area contributed by atoms with Crippen LogP contribution in [0.5, 0.6) is 5.75 Å². The molecular weight excluding hydrogens is 438 g/mol. The lowest BCUT2D eigenvalue weighted by atomic mass is 9.92. The van der Waals surface area contributed by atoms with E-state index in [9.17, 15) is 14.7 Å². The van der Waals surface area contributed by atoms with Crippen molar-refractivity contribution in [2.75, 3.05) is 7.11 Å². The van der Waals surface area contributed by atoms with E-state index in [1.165, 1.54) is 0 Å². The summed E-state index contributed by atoms with van der Waals surface area (Å²) in [6.45, 7) is 8.28. The Morgan fingerprint density at radius 1 is 0.971 bits per heavy atom. The maximum atomic E-state index is 13.3. The summed E-state index contributed by atoms with van der Waals surface area (Å²) >= 11 is 0. The molecule has 5 heteroatoms. The molecule has 4 rings (SSSR count). The van der Waals surface area contributed by atoms with Crippen LogP contribution in [0.1, 0.15) is 59.2 Å². The molecule has 1 aliphatic rings. The highest BCUT2D eigenvalue weighted by Gasteiger charge is 2.46. The molecule has 180 valence electrons. The third kappa shape index (κ3) is 4.72. The number of aliphatic hydroxyl groups excluding tert-OH is 1. The Morgan fingerprint density at radius 3 is 2.23 bits per heavy atom. The van der Waals surface area contributed by atoms with Crippen LogP contribution in [-0.2, 0) is 16.1 Å². The van der Waals surface area contributed by atoms with Crippen LogP contribution in [0.25, 0.3) is 5.76 Å². The lowest BCUT2D eigenvalue weighted by Gasteiger charge is -2.26. The third-order valence-corrected chi connectivity index (χ3v) is 6.62. The molecule has 5 nitrogen and oxygen atoms in total. The molecule has 0 aliphatic carbocycles. The number of aliphatic hydroxyl groups is 1. The first-order valence-corrected chi connectivity index (χ1v) is 11.8. The highest BCUT2D eigenvalue weighted by atomic mass is 16.5. The van der Waals surface area contributed by atoms with Gasteiger partial charge in [0.15, 0.2) is 0 Å². The second-order valence-electron chi connectivity index (χ2n) is 9.41. The van der Waals surface area contributed by atoms with Gasteiger partial charge in [0, 0.05) is 12.1 Å². The monoisotopic (exact) mass is 469 g/mol. The zero-order valence-electron chi connectivity index (χ0n) is 20.8. The number of benzene rings is 3. The Kier molecular flexibility index (Phi) is 6.79. The zero-order valence-corrected chi connectivity index (χ0v) is 20.8. The van der Waals surface area contributed by atoms with Gasteiger partial charge in [-0.1, -0.05) is 67.9 Å². The summed E-state index contributed by atoms with van der Waals surface area (Å²) in [5.41, 5.74) is 5.30. The lowest BCUT2D eigenvalue weighted by molar-refractivity contribution is -0.140. The van der Waals surface area contributed by atoms with Crippen LogP contribution < -0.4 is 4.74 Å². The van der Waals surface area contributed by atoms with Crippen LogP contribution >= 0.6 is 0 Å². The first-order valence-electron chi connectivity index (χ1n) is 11.8. The molecule has 1 atom stereocenters. The van der Waals surface area contributed by atoms with Crippen LogP contribution in [0.4, 0.5) is 0 Å². The first-order chi connectivity index (χ1) is 16.7. The summed E-state index contributed by atoms with van der Waals surface area (Å²) in [7, 11) is 1.60. The Morgan fingerprint density at radius 2 is 1.63 bits per heavy atom. The smallest absolute Gasteiger partial charge is 0.295 e. The average molecular weight is 470 g/mol. The molecule has 1 amide bonds. The van der Waals surface area contributed by atoms with Crippen LogP contribution in [-0.4, -0.2) is 28.8 Å². The molecule has 1 N–H and O–H groups in total. The summed E-state index contributed by atoms with van der Waals surface area (Å²) in [5, 5.41) is 11.4. The molecule has 0 aromatic heterocycles. The van der Waals surface area contributed by atoms with Gasteiger partial charge in [0.2, 0.25) is 0 Å². The molecular formula is C30H31NO4. The van der Waals surface area contributed by atoms with Crippen molar-refractivity contribution in [1.29, 1.82) is 0 Å². The predicted molar refractivity (Wildman–Crippen MR) is 137 cm³/mol. The van der Waals surface area contributed by atoms with Crippen molar-refractivity contribution < 1.29 is 19.4 Å². The standard InChI is InChI=1S/C30H31NO4/c1-18(2)22-10-12-23(13-11-22)27-26(28(32)25-16-19(3)6-7-20(25)4)29(33)30(34)31(27)17-21-8-14-24(35-5)15-9-21/h6-16,18,27,32H,17H2,1-5H3/b28-26+. The number of amides is 1. The summed E-state index contributed by atoms with van der Waals surface area (Å²) < 4.78 is 5.24. The van der Waals surface area contributed by atoms with Crippen molar-refractivity contribution in [3.05, 3.63) is 106 Å². The number of ether oxygens (including phenoxy) is 1. The van der Waals surface area contributed by atoms with E-state index in [2.05, 4.69) is 13.8 Å². The number of methoxy groups -OCH3 is 1. The Hall–Kier alpha value is -3.86. The van der Waals surface area contributed by atoms with E-state index < -0.39 is 17.7 Å². The minimum absolute atomic E-state index is 0.120. The van der Waals surface area contributed by atoms with Crippen LogP contribution in [0.3, 0.4) is 0 Å². The second kappa shape index (κ2) is 9.79. The Bertz CT molecular complexity index is 1290. The van der Waals surface area contributed by atoms with Crippen molar-refractivity contribution in [1.82, 2.24) is 4.90 Å². The van der Waals surface area contributed by atoms with Crippen molar-refractivity contribution in [3.8, 4) is 5.75 Å². The van der Waals surface area contributed by atoms with E-state index >= 15 is 0 Å². The topological polar surface area (TPSA) is 66.8 Å². The fraction of sp³-hybridized carbons (Fsp3) is 0.267. The fourth-order valence-electron chi connectivity index (χ4n) is 4.52. The molecule has 3 aromatic rings. The average Bonchev–Trinajstić information content (AvgIpc) is 3.10. The number of nitrogens with zero attached hydrogens (tertiary/aromatic N) is 1. The normalized spacial score (nSPS) is 17.3. The first kappa shape index (κ1) is 24.3. The zero-order chi connectivity index (χ0) is 25.3. The van der Waals surface area contributed by atoms with E-state index in [-0.39, 0.29) is 17.9 Å². The minimum Gasteiger partial charge on any atom is -0.507 e. The van der Waals surface area contributed by atoms with Gasteiger partial charge in [0.05, 0.1) is 18.7 Å². The SMILES string of the molecule is COc1ccc(CN2C(=O)C(=O)/C(=C(/O)c3cc(C)ccc3C)C2c2ccc(C(C)C)cc2)cc1. The van der Waals surface area contributed by atoms with E-state index in [1.54, 1.807) is 12.0 Å². The largest absolute Gasteiger partial charge is 0.507 e. The summed E-state index contributed by atoms with van der Waals surface area (Å²) in [6.07, 6.45) is 0. The number of hydrogen-bond donors (Lipinski definition) is 1. The number of likely N-dealkylation sites (tertiary alicyclic amines) is 1. The van der Waals surface area contributed by atoms with Gasteiger partial charge in [0.25, 0.3) is 11.7 Å². The predicted octanol–water partition coefficient (Wildman–Crippen LogP) is 6.06. The molecule has 35 heavy (non-hydrogen) atoms. The Labute approximate surface area is 206 Å². The second-order valence-corrected chi connectivity index (χ2v) is 9.41. The minimum atomic E-state index is -0.696. The molecule has 1 heterocycles. The maximum absolute atomic E-state index is 13.3. The summed E-state index contributed by atoms with van der Waals surface area (Å²) in [6, 6.07) is 20.4. The maximum Gasteiger partial charge on any atom is 0.295 e. The molecule has 0 saturated carbocycles. The van der Waals surface area contributed by atoms with Crippen molar-refractivity contribution >= 4 is 17.4 Å². The van der Waals surface area contributed by atoms with Gasteiger partial charge in [-0.3, -0.25) is 9.59 Å². The van der Waals surface area contributed by atoms with Crippen molar-refractivity contribution in [3.63, 3.8) is 0 Å². The van der Waals surface area contributed by atoms with E-state index in [4.69, 9.17) is 4.74 Å². The molecule has 0 bridgehead atoms. The summed E-state index contributed by atoms with van der Waals surface area (Å²) in [4.78, 5) is 28.2. The molecule has 0 radical (unpaired) electrons. The number of Topliss-reactive ketones (excluding diaryl/α,β-unsaturated/α-hetero) is 1. The van der Waals surface area contributed by atoms with Gasteiger partial charge in [0.1, 0.15) is 11.5 Å². The summed E-state index contributed by atoms with van der Waals surface area (Å²) in [5.74, 6) is -0.364. The van der Waals surface area contributed by atoms with Gasteiger partial charge in [-0.2, -0.15) is 0 Å². The molecule has 1 fully saturated rings. The highest BCUT2D eigenvalue weighted by molar-refractivity contribution is 6.46. The molecule has 1 unspecified atom stereocenters. The molecule has 0 spiro atoms. The van der Waals surface area contributed by atoms with Crippen LogP contribution in [0, 0.1) is 13.8 Å². The Balaban J connectivity index is 1.86. The number of ketones is 1. The van der Waals surface area contributed by atoms with Gasteiger partial charge in [-0.15, -0.1) is 0 Å². The van der Waals surface area contributed by atoms with E-state index in [0.717, 1.165) is 27.8 Å². The number of carbonyl (C=O) groups excluding carboxylic acids is 2. The fourth-order valence-corrected chi connectivity index (χ4v) is 4.52. The number of carbonyl (C=O) groups is 2. The van der Waals surface area contributed by atoms with Gasteiger partial charge < -0.3 is 14.7 Å². The van der Waals surface area contributed by atoms with Gasteiger partial charge in [-0.25, -0.2) is 0 Å². The number of aryl methyl sites for hydroxylation is 2. The molecule has 1 aliphatic heterocycles. The molecule has 3 aromatic carbocycles. The third-order valence-electron chi connectivity index (χ3n) is 6.62. The number of rotatable bonds is 6. The number of hydrogen-bond acceptors (Lipinski definition) is 4. The van der Waals surface area contributed by atoms with Crippen molar-refractivity contribution in [2.45, 2.75) is 46.2 Å². The van der Waals surface area contributed by atoms with Crippen LogP contribution in [0.2, 0.25) is 0 Å². The van der Waals surface area contributed by atoms with Crippen LogP contribution in [0.15, 0.2) is 72.3 Å². The van der Waals surface area contributed by atoms with Crippen molar-refractivity contribution in [2.24, 2.45) is 0 Å². The lowest BCUT2D eigenvalue weighted by Crippen LogP contribution is -2.29. The van der Waals surface area contributed by atoms with E-state index in [0.29, 0.717) is 17.2 Å². The quantitative estimate of drug-likeness (QED) is 0.271. The molecule has 1 saturated heterocycles. The van der Waals surface area contributed by atoms with E-state index in [1.807, 2.05) is 80.6 Å². The van der Waals surface area contributed by atoms with Gasteiger partial charge in [-0.05, 0) is 60.2 Å². The highest BCUT2D eigenvalue weighted by Crippen LogP contribution is 2.41.